The van der Waals surface area contributed by atoms with Crippen molar-refractivity contribution >= 4 is 17.9 Å². The van der Waals surface area contributed by atoms with Gasteiger partial charge in [-0.1, -0.05) is 281 Å². The number of hydrogen-bond acceptors (Lipinski definition) is 6. The van der Waals surface area contributed by atoms with Gasteiger partial charge in [0.05, 0.1) is 0 Å². The van der Waals surface area contributed by atoms with Crippen LogP contribution in [-0.2, 0) is 28.6 Å². The minimum atomic E-state index is -0.798. The van der Waals surface area contributed by atoms with E-state index in [4.69, 9.17) is 14.2 Å². The summed E-state index contributed by atoms with van der Waals surface area (Å²) in [5.41, 5.74) is 0. The van der Waals surface area contributed by atoms with E-state index in [0.29, 0.717) is 19.3 Å². The van der Waals surface area contributed by atoms with Gasteiger partial charge < -0.3 is 14.2 Å². The van der Waals surface area contributed by atoms with Gasteiger partial charge in [0.25, 0.3) is 0 Å². The van der Waals surface area contributed by atoms with Crippen molar-refractivity contribution in [2.75, 3.05) is 13.2 Å². The summed E-state index contributed by atoms with van der Waals surface area (Å²) in [6.45, 7) is 6.63. The van der Waals surface area contributed by atoms with Gasteiger partial charge in [0, 0.05) is 19.3 Å². The molecule has 0 spiro atoms. The lowest BCUT2D eigenvalue weighted by atomic mass is 10.0. The third-order valence-corrected chi connectivity index (χ3v) is 13.8. The molecule has 414 valence electrons. The molecular weight excluding hydrogens is 877 g/mol. The number of carbonyl (C=O) groups excluding carboxylic acids is 3. The van der Waals surface area contributed by atoms with E-state index >= 15 is 0 Å². The minimum Gasteiger partial charge on any atom is -0.462 e. The first-order valence-electron chi connectivity index (χ1n) is 31.1. The largest absolute Gasteiger partial charge is 0.462 e. The van der Waals surface area contributed by atoms with Crippen LogP contribution >= 0.6 is 0 Å². The van der Waals surface area contributed by atoms with E-state index in [0.717, 1.165) is 57.8 Å². The van der Waals surface area contributed by atoms with Crippen LogP contribution in [0.4, 0.5) is 0 Å². The number of carbonyl (C=O) groups is 3. The van der Waals surface area contributed by atoms with Crippen molar-refractivity contribution in [1.82, 2.24) is 0 Å². The highest BCUT2D eigenvalue weighted by atomic mass is 16.6. The normalized spacial score (nSPS) is 12.3. The Hall–Kier alpha value is -2.63. The average molecular weight is 996 g/mol. The molecular formula is C65H118O6. The summed E-state index contributed by atoms with van der Waals surface area (Å²) in [7, 11) is 0. The monoisotopic (exact) mass is 995 g/mol. The Morgan fingerprint density at radius 3 is 0.845 bits per heavy atom. The SMILES string of the molecule is CCCCCCCC/C=C\C/C=C\C/C=C\CCCC(=O)O[C@H](COC(=O)CCCCCCCCCCCCC/C=C\CCCCCCCC)COC(=O)CCCCCCCCCCCCCCCCC. The fourth-order valence-corrected chi connectivity index (χ4v) is 9.10. The first-order chi connectivity index (χ1) is 35.0. The van der Waals surface area contributed by atoms with E-state index < -0.39 is 6.10 Å². The van der Waals surface area contributed by atoms with Crippen molar-refractivity contribution in [3.8, 4) is 0 Å². The molecule has 6 nitrogen and oxygen atoms in total. The van der Waals surface area contributed by atoms with Crippen molar-refractivity contribution < 1.29 is 28.6 Å². The Bertz CT molecular complexity index is 1230. The molecule has 0 amide bonds. The summed E-state index contributed by atoms with van der Waals surface area (Å²) in [5, 5.41) is 0. The summed E-state index contributed by atoms with van der Waals surface area (Å²) >= 11 is 0. The molecule has 6 heteroatoms. The molecule has 0 bridgehead atoms. The molecule has 0 aliphatic rings. The molecule has 0 aromatic rings. The van der Waals surface area contributed by atoms with E-state index in [1.165, 1.54) is 225 Å². The molecule has 1 atom stereocenters. The van der Waals surface area contributed by atoms with Crippen LogP contribution in [0.2, 0.25) is 0 Å². The molecule has 0 N–H and O–H groups in total. The Morgan fingerprint density at radius 1 is 0.282 bits per heavy atom. The van der Waals surface area contributed by atoms with Gasteiger partial charge in [0.2, 0.25) is 0 Å². The van der Waals surface area contributed by atoms with Crippen molar-refractivity contribution in [2.24, 2.45) is 0 Å². The molecule has 0 saturated carbocycles. The molecule has 0 aliphatic carbocycles. The maximum Gasteiger partial charge on any atom is 0.306 e. The van der Waals surface area contributed by atoms with Gasteiger partial charge >= 0.3 is 17.9 Å². The van der Waals surface area contributed by atoms with E-state index in [1.54, 1.807) is 0 Å². The van der Waals surface area contributed by atoms with Crippen LogP contribution in [0.3, 0.4) is 0 Å². The smallest absolute Gasteiger partial charge is 0.306 e. The van der Waals surface area contributed by atoms with Crippen LogP contribution in [0.5, 0.6) is 0 Å². The molecule has 71 heavy (non-hydrogen) atoms. The van der Waals surface area contributed by atoms with E-state index in [-0.39, 0.29) is 37.5 Å². The Morgan fingerprint density at radius 2 is 0.521 bits per heavy atom. The topological polar surface area (TPSA) is 78.9 Å². The molecule has 0 aromatic heterocycles. The highest BCUT2D eigenvalue weighted by molar-refractivity contribution is 5.71. The van der Waals surface area contributed by atoms with E-state index in [9.17, 15) is 14.4 Å². The summed E-state index contributed by atoms with van der Waals surface area (Å²) < 4.78 is 16.9. The third-order valence-electron chi connectivity index (χ3n) is 13.8. The van der Waals surface area contributed by atoms with Crippen LogP contribution in [0.25, 0.3) is 0 Å². The highest BCUT2D eigenvalue weighted by Gasteiger charge is 2.19. The Balaban J connectivity index is 4.38. The minimum absolute atomic E-state index is 0.0895. The first-order valence-corrected chi connectivity index (χ1v) is 31.1. The zero-order valence-electron chi connectivity index (χ0n) is 47.5. The fraction of sp³-hybridized carbons (Fsp3) is 0.831. The zero-order valence-corrected chi connectivity index (χ0v) is 47.5. The number of unbranched alkanes of at least 4 members (excludes halogenated alkanes) is 38. The fourth-order valence-electron chi connectivity index (χ4n) is 9.10. The van der Waals surface area contributed by atoms with Gasteiger partial charge in [-0.2, -0.15) is 0 Å². The molecule has 0 radical (unpaired) electrons. The lowest BCUT2D eigenvalue weighted by molar-refractivity contribution is -0.167. The summed E-state index contributed by atoms with van der Waals surface area (Å²) in [5.74, 6) is -0.924. The van der Waals surface area contributed by atoms with Crippen LogP contribution in [0.1, 0.15) is 329 Å². The van der Waals surface area contributed by atoms with Crippen LogP contribution in [0.15, 0.2) is 48.6 Å². The van der Waals surface area contributed by atoms with Gasteiger partial charge in [-0.05, 0) is 77.0 Å². The average Bonchev–Trinajstić information content (AvgIpc) is 3.37. The summed E-state index contributed by atoms with van der Waals surface area (Å²) in [6, 6.07) is 0. The second-order valence-corrected chi connectivity index (χ2v) is 21.0. The number of rotatable bonds is 57. The van der Waals surface area contributed by atoms with Crippen molar-refractivity contribution in [2.45, 2.75) is 335 Å². The highest BCUT2D eigenvalue weighted by Crippen LogP contribution is 2.17. The maximum atomic E-state index is 12.9. The molecule has 0 heterocycles. The predicted octanol–water partition coefficient (Wildman–Crippen LogP) is 21.0. The third kappa shape index (κ3) is 58.1. The number of allylic oxidation sites excluding steroid dienone is 8. The lowest BCUT2D eigenvalue weighted by Gasteiger charge is -2.18. The quantitative estimate of drug-likeness (QED) is 0.0261. The van der Waals surface area contributed by atoms with Crippen LogP contribution in [0, 0.1) is 0 Å². The van der Waals surface area contributed by atoms with Crippen molar-refractivity contribution in [3.05, 3.63) is 48.6 Å². The van der Waals surface area contributed by atoms with Gasteiger partial charge in [0.1, 0.15) is 13.2 Å². The number of esters is 3. The lowest BCUT2D eigenvalue weighted by Crippen LogP contribution is -2.30. The van der Waals surface area contributed by atoms with E-state index in [1.807, 2.05) is 0 Å². The van der Waals surface area contributed by atoms with Crippen molar-refractivity contribution in [1.29, 1.82) is 0 Å². The van der Waals surface area contributed by atoms with Crippen LogP contribution < -0.4 is 0 Å². The summed E-state index contributed by atoms with van der Waals surface area (Å²) in [4.78, 5) is 38.2. The second kappa shape index (κ2) is 59.9. The standard InChI is InChI=1S/C65H118O6/c1-4-7-10-13-16-19-22-25-28-30-31-32-33-35-37-40-43-46-49-52-55-58-64(67)70-61-62(60-69-63(66)57-54-51-48-45-42-39-36-27-24-21-18-15-12-9-6-3)71-65(68)59-56-53-50-47-44-41-38-34-29-26-23-20-17-14-11-8-5-2/h25-26,28-29,38,41,47,50,62H,4-24,27,30-37,39-40,42-46,48-49,51-61H2,1-3H3/b28-25-,29-26-,41-38-,50-47-/t62-/m0/s1. The number of hydrogen-bond donors (Lipinski definition) is 0. The van der Waals surface area contributed by atoms with Crippen LogP contribution in [-0.4, -0.2) is 37.2 Å². The second-order valence-electron chi connectivity index (χ2n) is 21.0. The van der Waals surface area contributed by atoms with E-state index in [2.05, 4.69) is 69.4 Å². The molecule has 0 rings (SSSR count). The maximum absolute atomic E-state index is 12.9. The van der Waals surface area contributed by atoms with Gasteiger partial charge in [-0.15, -0.1) is 0 Å². The predicted molar refractivity (Wildman–Crippen MR) is 307 cm³/mol. The van der Waals surface area contributed by atoms with Crippen molar-refractivity contribution in [3.63, 3.8) is 0 Å². The number of ether oxygens (including phenoxy) is 3. The van der Waals surface area contributed by atoms with Gasteiger partial charge in [-0.25, -0.2) is 0 Å². The molecule has 0 aromatic carbocycles. The molecule has 0 aliphatic heterocycles. The molecule has 0 saturated heterocycles. The Kier molecular flexibility index (Phi) is 57.7. The first kappa shape index (κ1) is 68.4. The molecule has 0 unspecified atom stereocenters. The van der Waals surface area contributed by atoms with Gasteiger partial charge in [0.15, 0.2) is 6.10 Å². The molecule has 0 fully saturated rings. The Labute approximate surface area is 441 Å². The summed E-state index contributed by atoms with van der Waals surface area (Å²) in [6.07, 6.45) is 74.0. The zero-order chi connectivity index (χ0) is 51.4. The van der Waals surface area contributed by atoms with Gasteiger partial charge in [-0.3, -0.25) is 14.4 Å².